The van der Waals surface area contributed by atoms with Crippen LogP contribution in [0.5, 0.6) is 0 Å². The first kappa shape index (κ1) is 12.9. The Labute approximate surface area is 121 Å². The summed E-state index contributed by atoms with van der Waals surface area (Å²) < 4.78 is 0.986. The van der Waals surface area contributed by atoms with Gasteiger partial charge < -0.3 is 9.80 Å². The number of anilines is 1. The summed E-state index contributed by atoms with van der Waals surface area (Å²) in [5.41, 5.74) is 0. The van der Waals surface area contributed by atoms with Crippen LogP contribution in [0.15, 0.2) is 22.8 Å². The summed E-state index contributed by atoms with van der Waals surface area (Å²) in [5.74, 6) is 1.47. The average Bonchev–Trinajstić information content (AvgIpc) is 3.10. The van der Waals surface area contributed by atoms with Gasteiger partial charge in [0.05, 0.1) is 5.92 Å². The fraction of sp³-hybridized carbons (Fsp3) is 0.571. The SMILES string of the molecule is O=C(C1CCN(c2ccc(Br)cn2)C1)N1CCCC1. The molecule has 0 aromatic carbocycles. The smallest absolute Gasteiger partial charge is 0.227 e. The van der Waals surface area contributed by atoms with Crippen LogP contribution in [0.4, 0.5) is 5.82 Å². The Hall–Kier alpha value is -1.10. The molecule has 2 aliphatic rings. The largest absolute Gasteiger partial charge is 0.356 e. The number of carbonyl (C=O) groups is 1. The zero-order valence-corrected chi connectivity index (χ0v) is 12.5. The molecule has 3 rings (SSSR count). The van der Waals surface area contributed by atoms with E-state index in [9.17, 15) is 4.79 Å². The van der Waals surface area contributed by atoms with Gasteiger partial charge in [-0.3, -0.25) is 4.79 Å². The van der Waals surface area contributed by atoms with Crippen LogP contribution in [-0.2, 0) is 4.79 Å². The maximum Gasteiger partial charge on any atom is 0.227 e. The predicted molar refractivity (Wildman–Crippen MR) is 78.1 cm³/mol. The number of amides is 1. The summed E-state index contributed by atoms with van der Waals surface area (Å²) in [6.07, 6.45) is 5.09. The lowest BCUT2D eigenvalue weighted by atomic mass is 10.1. The molecule has 0 N–H and O–H groups in total. The molecule has 2 fully saturated rings. The van der Waals surface area contributed by atoms with Crippen LogP contribution < -0.4 is 4.90 Å². The van der Waals surface area contributed by atoms with Crippen molar-refractivity contribution >= 4 is 27.7 Å². The third kappa shape index (κ3) is 2.76. The number of halogens is 1. The Kier molecular flexibility index (Phi) is 3.73. The van der Waals surface area contributed by atoms with Crippen molar-refractivity contribution in [3.05, 3.63) is 22.8 Å². The lowest BCUT2D eigenvalue weighted by Crippen LogP contribution is -2.35. The van der Waals surface area contributed by atoms with E-state index >= 15 is 0 Å². The number of rotatable bonds is 2. The van der Waals surface area contributed by atoms with Crippen LogP contribution >= 0.6 is 15.9 Å². The molecular weight excluding hydrogens is 306 g/mol. The van der Waals surface area contributed by atoms with E-state index in [-0.39, 0.29) is 5.92 Å². The standard InChI is InChI=1S/C14H18BrN3O/c15-12-3-4-13(16-9-12)18-8-5-11(10-18)14(19)17-6-1-2-7-17/h3-4,9,11H,1-2,5-8,10H2. The van der Waals surface area contributed by atoms with Crippen molar-refractivity contribution in [3.63, 3.8) is 0 Å². The molecule has 2 saturated heterocycles. The first-order valence-electron chi connectivity index (χ1n) is 6.89. The van der Waals surface area contributed by atoms with Gasteiger partial charge in [0.25, 0.3) is 0 Å². The van der Waals surface area contributed by atoms with Crippen molar-refractivity contribution in [2.24, 2.45) is 5.92 Å². The number of nitrogens with zero attached hydrogens (tertiary/aromatic N) is 3. The molecule has 2 aliphatic heterocycles. The van der Waals surface area contributed by atoms with E-state index in [2.05, 4.69) is 25.8 Å². The van der Waals surface area contributed by atoms with Crippen molar-refractivity contribution in [2.45, 2.75) is 19.3 Å². The van der Waals surface area contributed by atoms with Crippen molar-refractivity contribution < 1.29 is 4.79 Å². The van der Waals surface area contributed by atoms with E-state index < -0.39 is 0 Å². The van der Waals surface area contributed by atoms with Gasteiger partial charge in [-0.25, -0.2) is 4.98 Å². The number of aromatic nitrogens is 1. The second-order valence-electron chi connectivity index (χ2n) is 5.30. The van der Waals surface area contributed by atoms with E-state index in [0.29, 0.717) is 5.91 Å². The minimum atomic E-state index is 0.156. The van der Waals surface area contributed by atoms with Gasteiger partial charge in [0.2, 0.25) is 5.91 Å². The van der Waals surface area contributed by atoms with Gasteiger partial charge in [0, 0.05) is 36.8 Å². The summed E-state index contributed by atoms with van der Waals surface area (Å²) in [5, 5.41) is 0. The van der Waals surface area contributed by atoms with E-state index in [4.69, 9.17) is 0 Å². The van der Waals surface area contributed by atoms with Crippen LogP contribution in [0, 0.1) is 5.92 Å². The topological polar surface area (TPSA) is 36.4 Å². The summed E-state index contributed by atoms with van der Waals surface area (Å²) in [6, 6.07) is 4.00. The number of hydrogen-bond acceptors (Lipinski definition) is 3. The Morgan fingerprint density at radius 1 is 1.26 bits per heavy atom. The van der Waals surface area contributed by atoms with Crippen LogP contribution in [0.3, 0.4) is 0 Å². The summed E-state index contributed by atoms with van der Waals surface area (Å²) in [4.78, 5) is 21.0. The van der Waals surface area contributed by atoms with Gasteiger partial charge >= 0.3 is 0 Å². The lowest BCUT2D eigenvalue weighted by Gasteiger charge is -2.21. The molecule has 102 valence electrons. The third-order valence-electron chi connectivity index (χ3n) is 3.99. The van der Waals surface area contributed by atoms with Crippen LogP contribution in [0.1, 0.15) is 19.3 Å². The van der Waals surface area contributed by atoms with Crippen LogP contribution in [-0.4, -0.2) is 42.0 Å². The molecule has 0 aliphatic carbocycles. The monoisotopic (exact) mass is 323 g/mol. The molecule has 4 nitrogen and oxygen atoms in total. The molecule has 0 spiro atoms. The van der Waals surface area contributed by atoms with Crippen LogP contribution in [0.25, 0.3) is 0 Å². The normalized spacial score (nSPS) is 23.1. The number of hydrogen-bond donors (Lipinski definition) is 0. The van der Waals surface area contributed by atoms with E-state index in [1.54, 1.807) is 0 Å². The first-order chi connectivity index (χ1) is 9.24. The predicted octanol–water partition coefficient (Wildman–Crippen LogP) is 2.29. The molecule has 1 amide bonds. The van der Waals surface area contributed by atoms with E-state index in [1.807, 2.05) is 23.2 Å². The van der Waals surface area contributed by atoms with Gasteiger partial charge in [-0.1, -0.05) is 0 Å². The highest BCUT2D eigenvalue weighted by atomic mass is 79.9. The highest BCUT2D eigenvalue weighted by Crippen LogP contribution is 2.25. The fourth-order valence-electron chi connectivity index (χ4n) is 2.92. The number of carbonyl (C=O) groups excluding carboxylic acids is 1. The second kappa shape index (κ2) is 5.49. The molecule has 1 aromatic rings. The van der Waals surface area contributed by atoms with E-state index in [0.717, 1.165) is 55.7 Å². The highest BCUT2D eigenvalue weighted by molar-refractivity contribution is 9.10. The number of likely N-dealkylation sites (tertiary alicyclic amines) is 1. The molecule has 1 unspecified atom stereocenters. The minimum absolute atomic E-state index is 0.156. The minimum Gasteiger partial charge on any atom is -0.356 e. The molecule has 1 atom stereocenters. The molecule has 19 heavy (non-hydrogen) atoms. The van der Waals surface area contributed by atoms with Gasteiger partial charge in [0.15, 0.2) is 0 Å². The van der Waals surface area contributed by atoms with Crippen molar-refractivity contribution in [3.8, 4) is 0 Å². The Morgan fingerprint density at radius 3 is 2.74 bits per heavy atom. The summed E-state index contributed by atoms with van der Waals surface area (Å²) in [6.45, 7) is 3.64. The molecular formula is C14H18BrN3O. The molecule has 0 bridgehead atoms. The van der Waals surface area contributed by atoms with Gasteiger partial charge in [-0.05, 0) is 47.3 Å². The Bertz CT molecular complexity index is 456. The van der Waals surface area contributed by atoms with E-state index in [1.165, 1.54) is 0 Å². The van der Waals surface area contributed by atoms with Crippen LogP contribution in [0.2, 0.25) is 0 Å². The molecule has 0 saturated carbocycles. The van der Waals surface area contributed by atoms with Gasteiger partial charge in [-0.15, -0.1) is 0 Å². The van der Waals surface area contributed by atoms with Gasteiger partial charge in [0.1, 0.15) is 5.82 Å². The second-order valence-corrected chi connectivity index (χ2v) is 6.21. The van der Waals surface area contributed by atoms with Gasteiger partial charge in [-0.2, -0.15) is 0 Å². The molecule has 0 radical (unpaired) electrons. The highest BCUT2D eigenvalue weighted by Gasteiger charge is 2.32. The Balaban J connectivity index is 1.63. The zero-order valence-electron chi connectivity index (χ0n) is 10.9. The Morgan fingerprint density at radius 2 is 2.05 bits per heavy atom. The summed E-state index contributed by atoms with van der Waals surface area (Å²) >= 11 is 3.39. The average molecular weight is 324 g/mol. The van der Waals surface area contributed by atoms with Crippen molar-refractivity contribution in [2.75, 3.05) is 31.1 Å². The molecule has 1 aromatic heterocycles. The fourth-order valence-corrected chi connectivity index (χ4v) is 3.16. The summed E-state index contributed by atoms with van der Waals surface area (Å²) in [7, 11) is 0. The third-order valence-corrected chi connectivity index (χ3v) is 4.46. The molecule has 5 heteroatoms. The zero-order chi connectivity index (χ0) is 13.2. The first-order valence-corrected chi connectivity index (χ1v) is 7.68. The lowest BCUT2D eigenvalue weighted by molar-refractivity contribution is -0.133. The maximum absolute atomic E-state index is 12.3. The maximum atomic E-state index is 12.3. The number of pyridine rings is 1. The molecule has 3 heterocycles. The van der Waals surface area contributed by atoms with Crippen molar-refractivity contribution in [1.29, 1.82) is 0 Å². The quantitative estimate of drug-likeness (QED) is 0.837. The van der Waals surface area contributed by atoms with Crippen molar-refractivity contribution in [1.82, 2.24) is 9.88 Å².